The number of hydrogen-bond acceptors (Lipinski definition) is 4. The van der Waals surface area contributed by atoms with Crippen LogP contribution < -0.4 is 20.7 Å². The first kappa shape index (κ1) is 23.3. The van der Waals surface area contributed by atoms with Gasteiger partial charge in [0.05, 0.1) is 29.2 Å². The van der Waals surface area contributed by atoms with Gasteiger partial charge in [-0.1, -0.05) is 72.8 Å². The van der Waals surface area contributed by atoms with Crippen LogP contribution in [0.5, 0.6) is 5.75 Å². The second-order valence-corrected chi connectivity index (χ2v) is 8.63. The molecule has 1 unspecified atom stereocenters. The normalized spacial score (nSPS) is 15.0. The van der Waals surface area contributed by atoms with Crippen LogP contribution in [0.15, 0.2) is 115 Å². The highest BCUT2D eigenvalue weighted by Crippen LogP contribution is 2.33. The van der Waals surface area contributed by atoms with Crippen LogP contribution in [0.3, 0.4) is 0 Å². The summed E-state index contributed by atoms with van der Waals surface area (Å²) >= 11 is 5.53. The van der Waals surface area contributed by atoms with E-state index < -0.39 is 6.04 Å². The number of amides is 1. The molecule has 7 heteroatoms. The fourth-order valence-electron chi connectivity index (χ4n) is 4.02. The maximum atomic E-state index is 13.6. The summed E-state index contributed by atoms with van der Waals surface area (Å²) in [6.45, 7) is 0.479. The number of nitrogens with zero attached hydrogens (tertiary/aromatic N) is 1. The number of carbonyl (C=O) groups is 1. The van der Waals surface area contributed by atoms with Crippen molar-refractivity contribution in [3.8, 4) is 5.75 Å². The van der Waals surface area contributed by atoms with Crippen LogP contribution in [-0.4, -0.2) is 16.0 Å². The molecule has 1 amide bonds. The van der Waals surface area contributed by atoms with Gasteiger partial charge >= 0.3 is 0 Å². The first-order chi connectivity index (χ1) is 17.7. The molecule has 1 aliphatic heterocycles. The van der Waals surface area contributed by atoms with E-state index in [0.717, 1.165) is 22.4 Å². The van der Waals surface area contributed by atoms with Gasteiger partial charge in [-0.3, -0.25) is 9.78 Å². The number of ether oxygens (including phenoxy) is 1. The third kappa shape index (κ3) is 5.42. The molecule has 6 nitrogen and oxygen atoms in total. The summed E-state index contributed by atoms with van der Waals surface area (Å²) in [5, 5.41) is 9.88. The largest absolute Gasteiger partial charge is 0.489 e. The molecule has 1 aliphatic rings. The molecule has 0 saturated heterocycles. The molecule has 2 heterocycles. The second kappa shape index (κ2) is 10.8. The van der Waals surface area contributed by atoms with Gasteiger partial charge in [0.2, 0.25) is 0 Å². The first-order valence-electron chi connectivity index (χ1n) is 11.5. The van der Waals surface area contributed by atoms with E-state index in [1.54, 1.807) is 24.5 Å². The van der Waals surface area contributed by atoms with Crippen molar-refractivity contribution >= 4 is 34.6 Å². The lowest BCUT2D eigenvalue weighted by Gasteiger charge is -2.32. The Morgan fingerprint density at radius 3 is 2.33 bits per heavy atom. The molecule has 0 spiro atoms. The lowest BCUT2D eigenvalue weighted by Crippen LogP contribution is -2.45. The molecule has 3 aromatic carbocycles. The van der Waals surface area contributed by atoms with Gasteiger partial charge in [0.15, 0.2) is 5.11 Å². The minimum absolute atomic E-state index is 0.251. The van der Waals surface area contributed by atoms with E-state index in [1.165, 1.54) is 0 Å². The predicted octanol–water partition coefficient (Wildman–Crippen LogP) is 5.23. The highest BCUT2D eigenvalue weighted by molar-refractivity contribution is 7.80. The van der Waals surface area contributed by atoms with Gasteiger partial charge in [0.25, 0.3) is 5.91 Å². The lowest BCUT2D eigenvalue weighted by atomic mass is 9.92. The van der Waals surface area contributed by atoms with Crippen molar-refractivity contribution < 1.29 is 9.53 Å². The van der Waals surface area contributed by atoms with Gasteiger partial charge in [-0.25, -0.2) is 0 Å². The van der Waals surface area contributed by atoms with E-state index >= 15 is 0 Å². The summed E-state index contributed by atoms with van der Waals surface area (Å²) in [6.07, 6.45) is 3.28. The maximum absolute atomic E-state index is 13.6. The minimum atomic E-state index is -0.464. The molecule has 0 radical (unpaired) electrons. The van der Waals surface area contributed by atoms with E-state index in [-0.39, 0.29) is 5.91 Å². The second-order valence-electron chi connectivity index (χ2n) is 8.23. The van der Waals surface area contributed by atoms with Crippen molar-refractivity contribution in [3.05, 3.63) is 132 Å². The molecule has 36 heavy (non-hydrogen) atoms. The number of hydrogen-bond donors (Lipinski definition) is 3. The highest BCUT2D eigenvalue weighted by atomic mass is 32.1. The van der Waals surface area contributed by atoms with E-state index in [1.807, 2.05) is 84.9 Å². The number of nitrogens with one attached hydrogen (secondary N) is 3. The summed E-state index contributed by atoms with van der Waals surface area (Å²) in [5.74, 6) is 0.492. The Kier molecular flexibility index (Phi) is 7.00. The summed E-state index contributed by atoms with van der Waals surface area (Å²) < 4.78 is 5.94. The smallest absolute Gasteiger partial charge is 0.256 e. The average Bonchev–Trinajstić information content (AvgIpc) is 2.93. The quantitative estimate of drug-likeness (QED) is 0.307. The number of pyridine rings is 1. The van der Waals surface area contributed by atoms with Crippen LogP contribution in [0, 0.1) is 0 Å². The SMILES string of the molecule is O=C(Nc1cccnc1)C1=C(c2ccccc2)NC(=S)NC1c1ccc(OCc2ccccc2)cc1. The Balaban J connectivity index is 1.47. The van der Waals surface area contributed by atoms with Crippen LogP contribution >= 0.6 is 12.2 Å². The maximum Gasteiger partial charge on any atom is 0.256 e. The zero-order valence-electron chi connectivity index (χ0n) is 19.3. The van der Waals surface area contributed by atoms with Crippen molar-refractivity contribution in [1.29, 1.82) is 0 Å². The van der Waals surface area contributed by atoms with Gasteiger partial charge in [-0.05, 0) is 53.2 Å². The third-order valence-corrected chi connectivity index (χ3v) is 5.98. The van der Waals surface area contributed by atoms with Crippen LogP contribution in [-0.2, 0) is 11.4 Å². The minimum Gasteiger partial charge on any atom is -0.489 e. The van der Waals surface area contributed by atoms with Gasteiger partial charge in [0.1, 0.15) is 12.4 Å². The number of thiocarbonyl (C=S) groups is 1. The number of rotatable bonds is 7. The molecule has 4 aromatic rings. The van der Waals surface area contributed by atoms with Crippen LogP contribution in [0.2, 0.25) is 0 Å². The number of aromatic nitrogens is 1. The number of benzene rings is 3. The van der Waals surface area contributed by atoms with Crippen LogP contribution in [0.25, 0.3) is 5.70 Å². The summed E-state index contributed by atoms with van der Waals surface area (Å²) in [4.78, 5) is 17.7. The third-order valence-electron chi connectivity index (χ3n) is 5.76. The molecule has 0 saturated carbocycles. The van der Waals surface area contributed by atoms with Gasteiger partial charge in [0, 0.05) is 6.20 Å². The fraction of sp³-hybridized carbons (Fsp3) is 0.0690. The average molecular weight is 493 g/mol. The van der Waals surface area contributed by atoms with E-state index in [9.17, 15) is 4.79 Å². The van der Waals surface area contributed by atoms with E-state index in [4.69, 9.17) is 17.0 Å². The standard InChI is InChI=1S/C29H24N4O2S/c34-28(31-23-12-7-17-30-18-23)25-26(21-10-5-2-6-11-21)32-29(36)33-27(25)22-13-15-24(16-14-22)35-19-20-8-3-1-4-9-20/h1-18,27H,19H2,(H,31,34)(H2,32,33,36). The van der Waals surface area contributed by atoms with E-state index in [0.29, 0.717) is 28.7 Å². The van der Waals surface area contributed by atoms with Gasteiger partial charge in [-0.15, -0.1) is 0 Å². The van der Waals surface area contributed by atoms with Gasteiger partial charge in [-0.2, -0.15) is 0 Å². The molecule has 178 valence electrons. The first-order valence-corrected chi connectivity index (χ1v) is 11.9. The Morgan fingerprint density at radius 1 is 0.917 bits per heavy atom. The molecule has 5 rings (SSSR count). The highest BCUT2D eigenvalue weighted by Gasteiger charge is 2.32. The fourth-order valence-corrected chi connectivity index (χ4v) is 4.24. The zero-order valence-corrected chi connectivity index (χ0v) is 20.2. The zero-order chi connectivity index (χ0) is 24.7. The number of carbonyl (C=O) groups excluding carboxylic acids is 1. The Morgan fingerprint density at radius 2 is 1.64 bits per heavy atom. The molecular formula is C29H24N4O2S. The Hall–Kier alpha value is -4.49. The van der Waals surface area contributed by atoms with Crippen molar-refractivity contribution in [2.24, 2.45) is 0 Å². The molecule has 0 fully saturated rings. The summed E-state index contributed by atoms with van der Waals surface area (Å²) in [6, 6.07) is 30.5. The van der Waals surface area contributed by atoms with E-state index in [2.05, 4.69) is 20.9 Å². The monoisotopic (exact) mass is 492 g/mol. The van der Waals surface area contributed by atoms with Gasteiger partial charge < -0.3 is 20.7 Å². The van der Waals surface area contributed by atoms with Crippen molar-refractivity contribution in [1.82, 2.24) is 15.6 Å². The number of anilines is 1. The predicted molar refractivity (Wildman–Crippen MR) is 145 cm³/mol. The lowest BCUT2D eigenvalue weighted by molar-refractivity contribution is -0.113. The summed E-state index contributed by atoms with van der Waals surface area (Å²) in [7, 11) is 0. The molecule has 1 atom stereocenters. The van der Waals surface area contributed by atoms with Crippen LogP contribution in [0.4, 0.5) is 5.69 Å². The Labute approximate surface area is 215 Å². The Bertz CT molecular complexity index is 1380. The van der Waals surface area contributed by atoms with Crippen molar-refractivity contribution in [2.75, 3.05) is 5.32 Å². The molecule has 0 bridgehead atoms. The van der Waals surface area contributed by atoms with Crippen molar-refractivity contribution in [2.45, 2.75) is 12.6 Å². The molecule has 3 N–H and O–H groups in total. The topological polar surface area (TPSA) is 75.3 Å². The summed E-state index contributed by atoms with van der Waals surface area (Å²) in [5.41, 5.74) is 4.64. The molecular weight excluding hydrogens is 468 g/mol. The molecule has 1 aromatic heterocycles. The van der Waals surface area contributed by atoms with Crippen molar-refractivity contribution in [3.63, 3.8) is 0 Å². The molecule has 0 aliphatic carbocycles. The van der Waals surface area contributed by atoms with Crippen LogP contribution in [0.1, 0.15) is 22.7 Å².